The summed E-state index contributed by atoms with van der Waals surface area (Å²) in [5, 5.41) is 0. The smallest absolute Gasteiger partial charge is 0.0529 e. The van der Waals surface area contributed by atoms with Crippen LogP contribution in [0, 0.1) is 13.8 Å². The summed E-state index contributed by atoms with van der Waals surface area (Å²) in [5.41, 5.74) is 8.12. The first-order valence-electron chi connectivity index (χ1n) is 5.72. The minimum absolute atomic E-state index is 0.205. The van der Waals surface area contributed by atoms with Gasteiger partial charge in [0.15, 0.2) is 0 Å². The van der Waals surface area contributed by atoms with Crippen LogP contribution in [0.3, 0.4) is 0 Å². The highest BCUT2D eigenvalue weighted by Crippen LogP contribution is 2.14. The van der Waals surface area contributed by atoms with E-state index in [-0.39, 0.29) is 6.04 Å². The lowest BCUT2D eigenvalue weighted by molar-refractivity contribution is 0.644. The van der Waals surface area contributed by atoms with E-state index in [2.05, 4.69) is 13.8 Å². The summed E-state index contributed by atoms with van der Waals surface area (Å²) in [6.07, 6.45) is 1.87. The van der Waals surface area contributed by atoms with Crippen LogP contribution in [0.5, 0.6) is 0 Å². The van der Waals surface area contributed by atoms with Crippen molar-refractivity contribution in [2.24, 2.45) is 5.73 Å². The Morgan fingerprint density at radius 3 is 2.56 bits per heavy atom. The fourth-order valence-corrected chi connectivity index (χ4v) is 2.70. The predicted octanol–water partition coefficient (Wildman–Crippen LogP) is 2.54. The SMILES string of the molecule is Cc1ccc(S(=O)CCCC(C)N)cc1C. The van der Waals surface area contributed by atoms with Crippen LogP contribution in [0.15, 0.2) is 23.1 Å². The number of hydrogen-bond acceptors (Lipinski definition) is 2. The maximum absolute atomic E-state index is 12.0. The van der Waals surface area contributed by atoms with Crippen molar-refractivity contribution < 1.29 is 4.21 Å². The minimum atomic E-state index is -0.874. The minimum Gasteiger partial charge on any atom is -0.328 e. The second kappa shape index (κ2) is 6.16. The van der Waals surface area contributed by atoms with Crippen LogP contribution in [0.2, 0.25) is 0 Å². The Hall–Kier alpha value is -0.670. The number of rotatable bonds is 5. The lowest BCUT2D eigenvalue weighted by atomic mass is 10.1. The molecule has 0 amide bonds. The van der Waals surface area contributed by atoms with Crippen molar-refractivity contribution in [1.82, 2.24) is 0 Å². The normalized spacial score (nSPS) is 14.8. The molecule has 0 aliphatic carbocycles. The van der Waals surface area contributed by atoms with E-state index in [9.17, 15) is 4.21 Å². The van der Waals surface area contributed by atoms with Gasteiger partial charge in [0.1, 0.15) is 0 Å². The van der Waals surface area contributed by atoms with E-state index in [1.807, 2.05) is 25.1 Å². The van der Waals surface area contributed by atoms with Gasteiger partial charge in [0, 0.05) is 16.7 Å². The van der Waals surface area contributed by atoms with E-state index < -0.39 is 10.8 Å². The van der Waals surface area contributed by atoms with E-state index in [0.29, 0.717) is 5.75 Å². The molecule has 2 nitrogen and oxygen atoms in total. The average Bonchev–Trinajstić information content (AvgIpc) is 2.21. The van der Waals surface area contributed by atoms with E-state index in [4.69, 9.17) is 5.73 Å². The monoisotopic (exact) mass is 239 g/mol. The molecule has 0 radical (unpaired) electrons. The van der Waals surface area contributed by atoms with Crippen molar-refractivity contribution in [3.63, 3.8) is 0 Å². The first kappa shape index (κ1) is 13.4. The molecule has 16 heavy (non-hydrogen) atoms. The lowest BCUT2D eigenvalue weighted by Crippen LogP contribution is -2.15. The number of aryl methyl sites for hydroxylation is 2. The third kappa shape index (κ3) is 4.06. The summed E-state index contributed by atoms with van der Waals surface area (Å²) < 4.78 is 12.0. The van der Waals surface area contributed by atoms with Gasteiger partial charge < -0.3 is 5.73 Å². The van der Waals surface area contributed by atoms with E-state index in [1.54, 1.807) is 0 Å². The van der Waals surface area contributed by atoms with Crippen LogP contribution < -0.4 is 5.73 Å². The zero-order chi connectivity index (χ0) is 12.1. The van der Waals surface area contributed by atoms with Crippen LogP contribution >= 0.6 is 0 Å². The van der Waals surface area contributed by atoms with Crippen LogP contribution in [0.1, 0.15) is 30.9 Å². The molecule has 0 aliphatic heterocycles. The van der Waals surface area contributed by atoms with Gasteiger partial charge in [-0.05, 0) is 56.9 Å². The highest BCUT2D eigenvalue weighted by Gasteiger charge is 2.05. The van der Waals surface area contributed by atoms with Gasteiger partial charge in [-0.15, -0.1) is 0 Å². The molecule has 0 spiro atoms. The topological polar surface area (TPSA) is 43.1 Å². The van der Waals surface area contributed by atoms with Crippen molar-refractivity contribution >= 4 is 10.8 Å². The van der Waals surface area contributed by atoms with Crippen LogP contribution in [-0.4, -0.2) is 16.0 Å². The number of benzene rings is 1. The second-order valence-corrected chi connectivity index (χ2v) is 5.99. The van der Waals surface area contributed by atoms with E-state index >= 15 is 0 Å². The van der Waals surface area contributed by atoms with Crippen LogP contribution in [0.4, 0.5) is 0 Å². The largest absolute Gasteiger partial charge is 0.328 e. The van der Waals surface area contributed by atoms with Crippen molar-refractivity contribution in [1.29, 1.82) is 0 Å². The molecule has 0 saturated heterocycles. The van der Waals surface area contributed by atoms with Gasteiger partial charge in [-0.25, -0.2) is 0 Å². The fraction of sp³-hybridized carbons (Fsp3) is 0.538. The van der Waals surface area contributed by atoms with E-state index in [0.717, 1.165) is 17.7 Å². The summed E-state index contributed by atoms with van der Waals surface area (Å²) in [7, 11) is -0.874. The molecule has 2 N–H and O–H groups in total. The first-order valence-corrected chi connectivity index (χ1v) is 7.04. The summed E-state index contributed by atoms with van der Waals surface area (Å²) in [6.45, 7) is 6.11. The molecular weight excluding hydrogens is 218 g/mol. The average molecular weight is 239 g/mol. The fourth-order valence-electron chi connectivity index (χ4n) is 1.51. The van der Waals surface area contributed by atoms with Crippen molar-refractivity contribution in [3.05, 3.63) is 29.3 Å². The second-order valence-electron chi connectivity index (χ2n) is 4.42. The molecule has 2 atom stereocenters. The number of hydrogen-bond donors (Lipinski definition) is 1. The Kier molecular flexibility index (Phi) is 5.16. The van der Waals surface area contributed by atoms with Gasteiger partial charge in [0.05, 0.1) is 10.8 Å². The lowest BCUT2D eigenvalue weighted by Gasteiger charge is -2.07. The molecule has 0 bridgehead atoms. The summed E-state index contributed by atoms with van der Waals surface area (Å²) in [6, 6.07) is 6.23. The molecule has 0 heterocycles. The number of nitrogens with two attached hydrogens (primary N) is 1. The third-order valence-electron chi connectivity index (χ3n) is 2.73. The van der Waals surface area contributed by atoms with Crippen molar-refractivity contribution in [2.75, 3.05) is 5.75 Å². The highest BCUT2D eigenvalue weighted by atomic mass is 32.2. The van der Waals surface area contributed by atoms with Gasteiger partial charge in [0.25, 0.3) is 0 Å². The summed E-state index contributed by atoms with van der Waals surface area (Å²) in [4.78, 5) is 0.938. The molecule has 2 unspecified atom stereocenters. The molecule has 1 rings (SSSR count). The molecule has 1 aromatic carbocycles. The Balaban J connectivity index is 2.56. The molecule has 0 aliphatic rings. The third-order valence-corrected chi connectivity index (χ3v) is 4.17. The van der Waals surface area contributed by atoms with Crippen molar-refractivity contribution in [3.8, 4) is 0 Å². The maximum atomic E-state index is 12.0. The molecule has 3 heteroatoms. The van der Waals surface area contributed by atoms with E-state index in [1.165, 1.54) is 11.1 Å². The summed E-state index contributed by atoms with van der Waals surface area (Å²) in [5.74, 6) is 0.712. The zero-order valence-corrected chi connectivity index (χ0v) is 11.1. The van der Waals surface area contributed by atoms with Gasteiger partial charge >= 0.3 is 0 Å². The molecule has 0 fully saturated rings. The highest BCUT2D eigenvalue weighted by molar-refractivity contribution is 7.85. The van der Waals surface area contributed by atoms with Gasteiger partial charge in [0.2, 0.25) is 0 Å². The molecular formula is C13H21NOS. The predicted molar refractivity (Wildman–Crippen MR) is 70.1 cm³/mol. The Labute approximate surface area is 101 Å². The maximum Gasteiger partial charge on any atom is 0.0529 e. The van der Waals surface area contributed by atoms with Crippen LogP contribution in [-0.2, 0) is 10.8 Å². The van der Waals surface area contributed by atoms with Crippen molar-refractivity contribution in [2.45, 2.75) is 44.6 Å². The van der Waals surface area contributed by atoms with Crippen LogP contribution in [0.25, 0.3) is 0 Å². The molecule has 90 valence electrons. The van der Waals surface area contributed by atoms with Gasteiger partial charge in [-0.1, -0.05) is 6.07 Å². The molecule has 0 saturated carbocycles. The first-order chi connectivity index (χ1) is 7.50. The Bertz CT molecular complexity index is 374. The Morgan fingerprint density at radius 2 is 2.00 bits per heavy atom. The zero-order valence-electron chi connectivity index (χ0n) is 10.3. The summed E-state index contributed by atoms with van der Waals surface area (Å²) >= 11 is 0. The molecule has 0 aromatic heterocycles. The standard InChI is InChI=1S/C13H21NOS/c1-10-6-7-13(9-11(10)2)16(15)8-4-5-12(3)14/h6-7,9,12H,4-5,8,14H2,1-3H3. The van der Waals surface area contributed by atoms with Gasteiger partial charge in [-0.2, -0.15) is 0 Å². The molecule has 1 aromatic rings. The van der Waals surface area contributed by atoms with Gasteiger partial charge in [-0.3, -0.25) is 4.21 Å². The quantitative estimate of drug-likeness (QED) is 0.858. The Morgan fingerprint density at radius 1 is 1.31 bits per heavy atom.